The Morgan fingerprint density at radius 3 is 2.81 bits per heavy atom. The van der Waals surface area contributed by atoms with Crippen LogP contribution in [0.1, 0.15) is 5.89 Å². The highest BCUT2D eigenvalue weighted by Gasteiger charge is 2.21. The first-order valence-electron chi connectivity index (χ1n) is 7.31. The van der Waals surface area contributed by atoms with Gasteiger partial charge in [-0.1, -0.05) is 28.9 Å². The summed E-state index contributed by atoms with van der Waals surface area (Å²) in [5.74, 6) is -0.375. The first kappa shape index (κ1) is 18.3. The van der Waals surface area contributed by atoms with Gasteiger partial charge in [-0.15, -0.1) is 0 Å². The average molecular weight is 398 g/mol. The standard InChI is InChI=1S/C16H13ClFN3O4S/c1-24-13-6-5-12(18)8-14(13)26(22,23)19-9-15-20-16(21-25-15)10-3-2-4-11(17)7-10/h2-8,19H,9H2,1H3. The van der Waals surface area contributed by atoms with Crippen molar-refractivity contribution in [1.29, 1.82) is 0 Å². The van der Waals surface area contributed by atoms with Crippen molar-refractivity contribution in [2.24, 2.45) is 0 Å². The molecule has 3 rings (SSSR count). The van der Waals surface area contributed by atoms with Gasteiger partial charge in [-0.2, -0.15) is 4.98 Å². The average Bonchev–Trinajstić information content (AvgIpc) is 3.09. The van der Waals surface area contributed by atoms with Gasteiger partial charge in [-0.05, 0) is 30.3 Å². The zero-order chi connectivity index (χ0) is 18.7. The molecule has 26 heavy (non-hydrogen) atoms. The number of methoxy groups -OCH3 is 1. The van der Waals surface area contributed by atoms with Gasteiger partial charge in [0.2, 0.25) is 21.7 Å². The van der Waals surface area contributed by atoms with E-state index in [4.69, 9.17) is 20.9 Å². The van der Waals surface area contributed by atoms with Crippen LogP contribution in [0.4, 0.5) is 4.39 Å². The fourth-order valence-corrected chi connectivity index (χ4v) is 3.51. The van der Waals surface area contributed by atoms with Crippen LogP contribution in [0.2, 0.25) is 5.02 Å². The number of hydrogen-bond acceptors (Lipinski definition) is 6. The smallest absolute Gasteiger partial charge is 0.244 e. The molecule has 0 atom stereocenters. The summed E-state index contributed by atoms with van der Waals surface area (Å²) in [4.78, 5) is 3.79. The van der Waals surface area contributed by atoms with Crippen LogP contribution < -0.4 is 9.46 Å². The molecule has 0 fully saturated rings. The summed E-state index contributed by atoms with van der Waals surface area (Å²) >= 11 is 5.91. The Bertz CT molecular complexity index is 1040. The predicted molar refractivity (Wildman–Crippen MR) is 91.7 cm³/mol. The molecule has 0 amide bonds. The van der Waals surface area contributed by atoms with E-state index in [1.165, 1.54) is 13.2 Å². The largest absolute Gasteiger partial charge is 0.495 e. The van der Waals surface area contributed by atoms with E-state index in [-0.39, 0.29) is 28.9 Å². The number of nitrogens with one attached hydrogen (secondary N) is 1. The first-order valence-corrected chi connectivity index (χ1v) is 9.17. The molecule has 0 saturated carbocycles. The first-order chi connectivity index (χ1) is 12.4. The molecule has 7 nitrogen and oxygen atoms in total. The predicted octanol–water partition coefficient (Wildman–Crippen LogP) is 3.02. The Hall–Kier alpha value is -2.49. The van der Waals surface area contributed by atoms with E-state index in [0.717, 1.165) is 12.1 Å². The number of sulfonamides is 1. The van der Waals surface area contributed by atoms with Gasteiger partial charge in [0.05, 0.1) is 13.7 Å². The second-order valence-electron chi connectivity index (χ2n) is 5.14. The minimum atomic E-state index is -4.05. The Morgan fingerprint density at radius 1 is 1.27 bits per heavy atom. The molecule has 0 spiro atoms. The number of hydrogen-bond donors (Lipinski definition) is 1. The molecule has 0 aliphatic carbocycles. The van der Waals surface area contributed by atoms with Crippen molar-refractivity contribution in [3.63, 3.8) is 0 Å². The van der Waals surface area contributed by atoms with Gasteiger partial charge in [0.15, 0.2) is 0 Å². The number of benzene rings is 2. The van der Waals surface area contributed by atoms with Crippen molar-refractivity contribution in [2.75, 3.05) is 7.11 Å². The molecule has 10 heteroatoms. The minimum absolute atomic E-state index is 0.0176. The van der Waals surface area contributed by atoms with Crippen LogP contribution in [0.15, 0.2) is 51.9 Å². The summed E-state index contributed by atoms with van der Waals surface area (Å²) in [6.07, 6.45) is 0. The van der Waals surface area contributed by atoms with Crippen LogP contribution in [0, 0.1) is 5.82 Å². The highest BCUT2D eigenvalue weighted by atomic mass is 35.5. The van der Waals surface area contributed by atoms with Crippen molar-refractivity contribution in [3.05, 3.63) is 59.2 Å². The molecular weight excluding hydrogens is 385 g/mol. The van der Waals surface area contributed by atoms with Crippen LogP contribution in [0.25, 0.3) is 11.4 Å². The van der Waals surface area contributed by atoms with E-state index in [1.54, 1.807) is 24.3 Å². The molecule has 0 saturated heterocycles. The molecule has 0 radical (unpaired) electrons. The van der Waals surface area contributed by atoms with E-state index in [9.17, 15) is 12.8 Å². The third-order valence-electron chi connectivity index (χ3n) is 3.38. The minimum Gasteiger partial charge on any atom is -0.495 e. The molecule has 0 aliphatic rings. The molecule has 0 unspecified atom stereocenters. The molecular formula is C16H13ClFN3O4S. The Kier molecular flexibility index (Phi) is 5.21. The summed E-state index contributed by atoms with van der Waals surface area (Å²) in [6.45, 7) is -0.268. The summed E-state index contributed by atoms with van der Waals surface area (Å²) < 4.78 is 50.5. The maximum Gasteiger partial charge on any atom is 0.244 e. The number of aromatic nitrogens is 2. The third kappa shape index (κ3) is 4.01. The van der Waals surface area contributed by atoms with E-state index in [2.05, 4.69) is 14.9 Å². The summed E-state index contributed by atoms with van der Waals surface area (Å²) in [6, 6.07) is 10.0. The molecule has 1 aromatic heterocycles. The van der Waals surface area contributed by atoms with Gasteiger partial charge in [0.25, 0.3) is 0 Å². The van der Waals surface area contributed by atoms with Crippen LogP contribution in [-0.4, -0.2) is 25.7 Å². The number of nitrogens with zero attached hydrogens (tertiary/aromatic N) is 2. The van der Waals surface area contributed by atoms with Gasteiger partial charge in [0, 0.05) is 10.6 Å². The van der Waals surface area contributed by atoms with Gasteiger partial charge < -0.3 is 9.26 Å². The molecule has 0 bridgehead atoms. The lowest BCUT2D eigenvalue weighted by atomic mass is 10.2. The van der Waals surface area contributed by atoms with Crippen molar-refractivity contribution < 1.29 is 22.1 Å². The lowest BCUT2D eigenvalue weighted by molar-refractivity contribution is 0.375. The molecule has 1 N–H and O–H groups in total. The van der Waals surface area contributed by atoms with E-state index >= 15 is 0 Å². The fourth-order valence-electron chi connectivity index (χ4n) is 2.17. The maximum absolute atomic E-state index is 13.4. The van der Waals surface area contributed by atoms with Gasteiger partial charge in [-0.3, -0.25) is 0 Å². The van der Waals surface area contributed by atoms with Crippen LogP contribution >= 0.6 is 11.6 Å². The lowest BCUT2D eigenvalue weighted by Gasteiger charge is -2.09. The van der Waals surface area contributed by atoms with Gasteiger partial charge >= 0.3 is 0 Å². The van der Waals surface area contributed by atoms with Gasteiger partial charge in [0.1, 0.15) is 16.5 Å². The van der Waals surface area contributed by atoms with E-state index in [0.29, 0.717) is 10.6 Å². The Labute approximate surface area is 153 Å². The van der Waals surface area contributed by atoms with Crippen molar-refractivity contribution in [2.45, 2.75) is 11.4 Å². The van der Waals surface area contributed by atoms with Crippen molar-refractivity contribution >= 4 is 21.6 Å². The molecule has 2 aromatic carbocycles. The molecule has 0 aliphatic heterocycles. The van der Waals surface area contributed by atoms with Crippen molar-refractivity contribution in [1.82, 2.24) is 14.9 Å². The SMILES string of the molecule is COc1ccc(F)cc1S(=O)(=O)NCc1nc(-c2cccc(Cl)c2)no1. The lowest BCUT2D eigenvalue weighted by Crippen LogP contribution is -2.24. The summed E-state index contributed by atoms with van der Waals surface area (Å²) in [5, 5.41) is 4.29. The normalized spacial score (nSPS) is 11.5. The van der Waals surface area contributed by atoms with Crippen LogP contribution in [0.3, 0.4) is 0 Å². The highest BCUT2D eigenvalue weighted by Crippen LogP contribution is 2.24. The summed E-state index contributed by atoms with van der Waals surface area (Å²) in [5.41, 5.74) is 0.627. The van der Waals surface area contributed by atoms with Crippen molar-refractivity contribution in [3.8, 4) is 17.1 Å². The highest BCUT2D eigenvalue weighted by molar-refractivity contribution is 7.89. The van der Waals surface area contributed by atoms with Crippen LogP contribution in [0.5, 0.6) is 5.75 Å². The fraction of sp³-hybridized carbons (Fsp3) is 0.125. The maximum atomic E-state index is 13.4. The molecule has 1 heterocycles. The van der Waals surface area contributed by atoms with E-state index in [1.807, 2.05) is 0 Å². The number of ether oxygens (including phenoxy) is 1. The zero-order valence-electron chi connectivity index (χ0n) is 13.4. The number of halogens is 2. The Morgan fingerprint density at radius 2 is 2.08 bits per heavy atom. The topological polar surface area (TPSA) is 94.3 Å². The molecule has 136 valence electrons. The van der Waals surface area contributed by atoms with Gasteiger partial charge in [-0.25, -0.2) is 17.5 Å². The number of rotatable bonds is 6. The molecule has 3 aromatic rings. The summed E-state index contributed by atoms with van der Waals surface area (Å²) in [7, 11) is -2.76. The zero-order valence-corrected chi connectivity index (χ0v) is 15.0. The third-order valence-corrected chi connectivity index (χ3v) is 5.04. The van der Waals surface area contributed by atoms with Crippen LogP contribution in [-0.2, 0) is 16.6 Å². The second kappa shape index (κ2) is 7.40. The Balaban J connectivity index is 1.78. The quantitative estimate of drug-likeness (QED) is 0.687. The monoisotopic (exact) mass is 397 g/mol. The second-order valence-corrected chi connectivity index (χ2v) is 7.31. The van der Waals surface area contributed by atoms with E-state index < -0.39 is 15.8 Å².